The molecule has 11 heteroatoms. The van der Waals surface area contributed by atoms with E-state index in [1.165, 1.54) is 4.88 Å². The molecule has 0 spiro atoms. The molecule has 6 rings (SSSR count). The summed E-state index contributed by atoms with van der Waals surface area (Å²) in [6, 6.07) is 11.3. The van der Waals surface area contributed by atoms with Crippen LogP contribution in [0.4, 0.5) is 0 Å². The quantitative estimate of drug-likeness (QED) is 0.328. The highest BCUT2D eigenvalue weighted by molar-refractivity contribution is 7.09. The minimum atomic E-state index is -0.489. The van der Waals surface area contributed by atoms with Gasteiger partial charge in [0.2, 0.25) is 0 Å². The monoisotopic (exact) mass is 536 g/mol. The fraction of sp³-hybridized carbons (Fsp3) is 0.481. The van der Waals surface area contributed by atoms with Crippen LogP contribution in [0, 0.1) is 0 Å². The van der Waals surface area contributed by atoms with Crippen LogP contribution in [0.5, 0.6) is 5.75 Å². The Kier molecular flexibility index (Phi) is 7.50. The molecule has 1 N–H and O–H groups in total. The second-order valence-corrected chi connectivity index (χ2v) is 10.9. The van der Waals surface area contributed by atoms with Crippen molar-refractivity contribution in [1.29, 1.82) is 0 Å². The second-order valence-electron chi connectivity index (χ2n) is 9.91. The average Bonchev–Trinajstić information content (AvgIpc) is 3.74. The molecule has 0 aliphatic carbocycles. The zero-order valence-electron chi connectivity index (χ0n) is 21.4. The predicted molar refractivity (Wildman–Crippen MR) is 143 cm³/mol. The van der Waals surface area contributed by atoms with Gasteiger partial charge in [0.05, 0.1) is 25.9 Å². The summed E-state index contributed by atoms with van der Waals surface area (Å²) in [5.41, 5.74) is 1.17. The Bertz CT molecular complexity index is 1410. The number of hydrogen-bond acceptors (Lipinski definition) is 9. The lowest BCUT2D eigenvalue weighted by atomic mass is 10.0. The highest BCUT2D eigenvalue weighted by Crippen LogP contribution is 2.32. The zero-order valence-corrected chi connectivity index (χ0v) is 22.2. The third kappa shape index (κ3) is 5.37. The van der Waals surface area contributed by atoms with Gasteiger partial charge in [-0.05, 0) is 71.8 Å². The molecule has 4 aromatic rings. The van der Waals surface area contributed by atoms with Gasteiger partial charge in [0, 0.05) is 47.6 Å². The van der Waals surface area contributed by atoms with Crippen molar-refractivity contribution in [3.63, 3.8) is 0 Å². The first kappa shape index (κ1) is 25.2. The lowest BCUT2D eigenvalue weighted by molar-refractivity contribution is 0.0559. The number of nitrogens with one attached hydrogen (secondary N) is 1. The summed E-state index contributed by atoms with van der Waals surface area (Å²) < 4.78 is 19.2. The van der Waals surface area contributed by atoms with Crippen LogP contribution in [0.3, 0.4) is 0 Å². The maximum Gasteiger partial charge on any atom is 0.253 e. The largest absolute Gasteiger partial charge is 0.497 e. The van der Waals surface area contributed by atoms with Crippen LogP contribution in [0.15, 0.2) is 46.6 Å². The standard InChI is InChI=1S/C27H32N6O4S/c1-35-19-8-9-24-18(13-19)14-23(27(34)28-24)25(26-29-30-31-33(26)16-21-6-3-11-37-21)32(15-20-5-2-10-36-20)17-22-7-4-12-38-22/h4,7-9,12-14,20-21,25H,2-3,5-6,10-11,15-17H2,1H3,(H,28,34)/t20-,21+,25-/m0/s1. The first-order chi connectivity index (χ1) is 18.7. The van der Waals surface area contributed by atoms with Gasteiger partial charge < -0.3 is 19.2 Å². The van der Waals surface area contributed by atoms with Gasteiger partial charge >= 0.3 is 0 Å². The molecular weight excluding hydrogens is 504 g/mol. The van der Waals surface area contributed by atoms with Crippen LogP contribution >= 0.6 is 11.3 Å². The normalized spacial score (nSPS) is 20.5. The number of aromatic amines is 1. The molecular formula is C27H32N6O4S. The SMILES string of the molecule is COc1ccc2[nH]c(=O)c([C@@H](c3nnnn3C[C@H]3CCCO3)N(Cc3cccs3)C[C@@H]3CCCO3)cc2c1. The van der Waals surface area contributed by atoms with E-state index in [0.717, 1.165) is 55.5 Å². The summed E-state index contributed by atoms with van der Waals surface area (Å²) in [4.78, 5) is 20.2. The molecule has 1 aromatic carbocycles. The Hall–Kier alpha value is -3.12. The number of ether oxygens (including phenoxy) is 3. The topological polar surface area (TPSA) is 107 Å². The summed E-state index contributed by atoms with van der Waals surface area (Å²) >= 11 is 1.70. The van der Waals surface area contributed by atoms with Crippen molar-refractivity contribution in [2.75, 3.05) is 26.9 Å². The number of H-pyrrole nitrogens is 1. The molecule has 5 heterocycles. The van der Waals surface area contributed by atoms with Crippen molar-refractivity contribution < 1.29 is 14.2 Å². The van der Waals surface area contributed by atoms with Crippen LogP contribution in [-0.2, 0) is 22.6 Å². The lowest BCUT2D eigenvalue weighted by Gasteiger charge is -2.32. The number of nitrogens with zero attached hydrogens (tertiary/aromatic N) is 5. The Morgan fingerprint density at radius 3 is 2.76 bits per heavy atom. The molecule has 3 aromatic heterocycles. The maximum atomic E-state index is 13.7. The van der Waals surface area contributed by atoms with Crippen LogP contribution in [0.2, 0.25) is 0 Å². The van der Waals surface area contributed by atoms with Gasteiger partial charge in [-0.15, -0.1) is 16.4 Å². The number of tetrazole rings is 1. The summed E-state index contributed by atoms with van der Waals surface area (Å²) in [6.07, 6.45) is 4.16. The summed E-state index contributed by atoms with van der Waals surface area (Å²) in [5.74, 6) is 1.35. The predicted octanol–water partition coefficient (Wildman–Crippen LogP) is 3.53. The first-order valence-electron chi connectivity index (χ1n) is 13.1. The van der Waals surface area contributed by atoms with E-state index in [0.29, 0.717) is 31.0 Å². The number of thiophene rings is 1. The van der Waals surface area contributed by atoms with E-state index in [-0.39, 0.29) is 17.8 Å². The smallest absolute Gasteiger partial charge is 0.253 e. The zero-order chi connectivity index (χ0) is 25.9. The highest BCUT2D eigenvalue weighted by Gasteiger charge is 2.34. The van der Waals surface area contributed by atoms with E-state index >= 15 is 0 Å². The molecule has 38 heavy (non-hydrogen) atoms. The minimum Gasteiger partial charge on any atom is -0.497 e. The number of rotatable bonds is 10. The third-order valence-corrected chi connectivity index (χ3v) is 8.21. The first-order valence-corrected chi connectivity index (χ1v) is 14.0. The molecule has 200 valence electrons. The van der Waals surface area contributed by atoms with Crippen LogP contribution < -0.4 is 10.3 Å². The average molecular weight is 537 g/mol. The van der Waals surface area contributed by atoms with Gasteiger partial charge in [-0.1, -0.05) is 6.07 Å². The van der Waals surface area contributed by atoms with E-state index in [1.54, 1.807) is 18.4 Å². The van der Waals surface area contributed by atoms with E-state index in [4.69, 9.17) is 14.2 Å². The Morgan fingerprint density at radius 2 is 2.03 bits per heavy atom. The summed E-state index contributed by atoms with van der Waals surface area (Å²) in [5, 5.41) is 15.9. The van der Waals surface area contributed by atoms with E-state index < -0.39 is 6.04 Å². The number of benzene rings is 1. The molecule has 0 radical (unpaired) electrons. The van der Waals surface area contributed by atoms with E-state index in [9.17, 15) is 4.79 Å². The number of fused-ring (bicyclic) bond motifs is 1. The summed E-state index contributed by atoms with van der Waals surface area (Å²) in [7, 11) is 1.64. The van der Waals surface area contributed by atoms with Crippen LogP contribution in [0.1, 0.15) is 48.0 Å². The van der Waals surface area contributed by atoms with Crippen molar-refractivity contribution in [2.45, 2.75) is 57.0 Å². The second kappa shape index (κ2) is 11.3. The fourth-order valence-electron chi connectivity index (χ4n) is 5.46. The molecule has 0 amide bonds. The maximum absolute atomic E-state index is 13.7. The molecule has 2 saturated heterocycles. The summed E-state index contributed by atoms with van der Waals surface area (Å²) in [6.45, 7) is 3.36. The van der Waals surface area contributed by atoms with Gasteiger partial charge in [-0.2, -0.15) is 0 Å². The molecule has 3 atom stereocenters. The lowest BCUT2D eigenvalue weighted by Crippen LogP contribution is -2.39. The van der Waals surface area contributed by atoms with Crippen molar-refractivity contribution in [3.05, 3.63) is 68.4 Å². The number of pyridine rings is 1. The minimum absolute atomic E-state index is 0.0564. The fourth-order valence-corrected chi connectivity index (χ4v) is 6.19. The van der Waals surface area contributed by atoms with Crippen molar-refractivity contribution in [3.8, 4) is 5.75 Å². The molecule has 0 bridgehead atoms. The number of aromatic nitrogens is 5. The van der Waals surface area contributed by atoms with E-state index in [2.05, 4.69) is 42.9 Å². The van der Waals surface area contributed by atoms with Gasteiger partial charge in [-0.3, -0.25) is 9.69 Å². The molecule has 2 aliphatic rings. The number of methoxy groups -OCH3 is 1. The van der Waals surface area contributed by atoms with Crippen molar-refractivity contribution >= 4 is 22.2 Å². The number of hydrogen-bond donors (Lipinski definition) is 1. The van der Waals surface area contributed by atoms with Crippen LogP contribution in [-0.4, -0.2) is 69.2 Å². The van der Waals surface area contributed by atoms with Crippen molar-refractivity contribution in [1.82, 2.24) is 30.1 Å². The Balaban J connectivity index is 1.47. The molecule has 10 nitrogen and oxygen atoms in total. The molecule has 0 saturated carbocycles. The highest BCUT2D eigenvalue weighted by atomic mass is 32.1. The van der Waals surface area contributed by atoms with E-state index in [1.807, 2.05) is 28.9 Å². The van der Waals surface area contributed by atoms with Crippen LogP contribution in [0.25, 0.3) is 10.9 Å². The Morgan fingerprint density at radius 1 is 1.18 bits per heavy atom. The van der Waals surface area contributed by atoms with Crippen molar-refractivity contribution in [2.24, 2.45) is 0 Å². The van der Waals surface area contributed by atoms with Gasteiger partial charge in [0.1, 0.15) is 11.8 Å². The van der Waals surface area contributed by atoms with Gasteiger partial charge in [-0.25, -0.2) is 4.68 Å². The Labute approximate surface area is 224 Å². The molecule has 2 fully saturated rings. The van der Waals surface area contributed by atoms with Gasteiger partial charge in [0.25, 0.3) is 5.56 Å². The molecule has 0 unspecified atom stereocenters. The third-order valence-electron chi connectivity index (χ3n) is 7.35. The van der Waals surface area contributed by atoms with Gasteiger partial charge in [0.15, 0.2) is 5.82 Å². The molecule has 2 aliphatic heterocycles.